The third kappa shape index (κ3) is 2.88. The van der Waals surface area contributed by atoms with E-state index in [1.165, 1.54) is 18.2 Å². The summed E-state index contributed by atoms with van der Waals surface area (Å²) in [5, 5.41) is 3.40. The zero-order valence-electron chi connectivity index (χ0n) is 11.6. The Balaban J connectivity index is 1.93. The Hall–Kier alpha value is -0.500. The van der Waals surface area contributed by atoms with Crippen molar-refractivity contribution in [1.29, 1.82) is 0 Å². The third-order valence-electron chi connectivity index (χ3n) is 4.29. The Bertz CT molecular complexity index is 632. The average molecular weight is 377 g/mol. The quantitative estimate of drug-likeness (QED) is 0.881. The van der Waals surface area contributed by atoms with Gasteiger partial charge in [-0.25, -0.2) is 12.8 Å². The van der Waals surface area contributed by atoms with Gasteiger partial charge < -0.3 is 5.32 Å². The molecule has 1 aromatic carbocycles. The maximum absolute atomic E-state index is 13.2. The van der Waals surface area contributed by atoms with Crippen molar-refractivity contribution in [3.63, 3.8) is 0 Å². The first-order valence-electron chi connectivity index (χ1n) is 7.20. The first-order valence-corrected chi connectivity index (χ1v) is 9.44. The van der Waals surface area contributed by atoms with Crippen LogP contribution in [0.25, 0.3) is 0 Å². The summed E-state index contributed by atoms with van der Waals surface area (Å²) in [7, 11) is -3.59. The molecule has 2 fully saturated rings. The molecule has 3 rings (SSSR count). The van der Waals surface area contributed by atoms with Crippen LogP contribution >= 0.6 is 15.9 Å². The molecule has 2 aliphatic rings. The van der Waals surface area contributed by atoms with Gasteiger partial charge in [-0.2, -0.15) is 4.31 Å². The van der Waals surface area contributed by atoms with Gasteiger partial charge in [-0.05, 0) is 66.4 Å². The zero-order valence-corrected chi connectivity index (χ0v) is 14.0. The van der Waals surface area contributed by atoms with Crippen molar-refractivity contribution in [2.24, 2.45) is 0 Å². The summed E-state index contributed by atoms with van der Waals surface area (Å²) in [6.45, 7) is 1.49. The molecule has 116 valence electrons. The molecule has 2 unspecified atom stereocenters. The molecule has 1 aromatic rings. The van der Waals surface area contributed by atoms with E-state index >= 15 is 0 Å². The molecule has 2 atom stereocenters. The van der Waals surface area contributed by atoms with Crippen LogP contribution in [-0.4, -0.2) is 37.9 Å². The average Bonchev–Trinajstić information content (AvgIpc) is 3.09. The molecule has 2 saturated heterocycles. The monoisotopic (exact) mass is 376 g/mol. The van der Waals surface area contributed by atoms with Gasteiger partial charge in [-0.15, -0.1) is 0 Å². The molecule has 7 heteroatoms. The molecule has 1 N–H and O–H groups in total. The molecule has 21 heavy (non-hydrogen) atoms. The Kier molecular flexibility index (Phi) is 4.36. The lowest BCUT2D eigenvalue weighted by Gasteiger charge is -2.29. The van der Waals surface area contributed by atoms with E-state index in [4.69, 9.17) is 0 Å². The number of rotatable bonds is 3. The van der Waals surface area contributed by atoms with Gasteiger partial charge in [0.25, 0.3) is 0 Å². The van der Waals surface area contributed by atoms with Crippen LogP contribution in [0.5, 0.6) is 0 Å². The van der Waals surface area contributed by atoms with Crippen molar-refractivity contribution in [2.45, 2.75) is 42.7 Å². The zero-order chi connectivity index (χ0) is 15.0. The van der Waals surface area contributed by atoms with E-state index in [1.807, 2.05) is 0 Å². The van der Waals surface area contributed by atoms with Crippen LogP contribution in [0.4, 0.5) is 4.39 Å². The Morgan fingerprint density at radius 1 is 1.29 bits per heavy atom. The highest BCUT2D eigenvalue weighted by Crippen LogP contribution is 2.33. The highest BCUT2D eigenvalue weighted by molar-refractivity contribution is 9.10. The summed E-state index contributed by atoms with van der Waals surface area (Å²) in [6.07, 6.45) is 3.87. The lowest BCUT2D eigenvalue weighted by molar-refractivity contribution is 0.322. The van der Waals surface area contributed by atoms with Crippen molar-refractivity contribution < 1.29 is 12.8 Å². The Morgan fingerprint density at radius 2 is 2.10 bits per heavy atom. The molecule has 0 radical (unpaired) electrons. The highest BCUT2D eigenvalue weighted by atomic mass is 79.9. The van der Waals surface area contributed by atoms with E-state index in [1.54, 1.807) is 4.31 Å². The molecule has 2 aliphatic heterocycles. The summed E-state index contributed by atoms with van der Waals surface area (Å²) >= 11 is 3.17. The maximum Gasteiger partial charge on any atom is 0.244 e. The van der Waals surface area contributed by atoms with Gasteiger partial charge in [0, 0.05) is 23.1 Å². The first kappa shape index (κ1) is 15.4. The van der Waals surface area contributed by atoms with Crippen molar-refractivity contribution in [1.82, 2.24) is 9.62 Å². The van der Waals surface area contributed by atoms with Crippen molar-refractivity contribution in [3.8, 4) is 0 Å². The number of hydrogen-bond donors (Lipinski definition) is 1. The van der Waals surface area contributed by atoms with Crippen LogP contribution in [0.1, 0.15) is 25.7 Å². The molecule has 0 bridgehead atoms. The summed E-state index contributed by atoms with van der Waals surface area (Å²) in [5.41, 5.74) is 0. The SMILES string of the molecule is O=S(=O)(c1ccc(F)cc1Br)N1CCCC1C1CCCN1. The summed E-state index contributed by atoms with van der Waals surface area (Å²) in [4.78, 5) is 0.147. The van der Waals surface area contributed by atoms with Gasteiger partial charge in [0.05, 0.1) is 4.90 Å². The summed E-state index contributed by atoms with van der Waals surface area (Å²) in [6, 6.07) is 3.98. The lowest BCUT2D eigenvalue weighted by atomic mass is 10.1. The minimum Gasteiger partial charge on any atom is -0.312 e. The molecule has 2 heterocycles. The van der Waals surface area contributed by atoms with Crippen LogP contribution < -0.4 is 5.32 Å². The van der Waals surface area contributed by atoms with Gasteiger partial charge in [-0.3, -0.25) is 0 Å². The minimum atomic E-state index is -3.59. The second-order valence-electron chi connectivity index (χ2n) is 5.60. The molecule has 0 aliphatic carbocycles. The van der Waals surface area contributed by atoms with Gasteiger partial charge in [0.2, 0.25) is 10.0 Å². The van der Waals surface area contributed by atoms with E-state index in [0.717, 1.165) is 32.2 Å². The van der Waals surface area contributed by atoms with Crippen LogP contribution in [0.15, 0.2) is 27.6 Å². The third-order valence-corrected chi connectivity index (χ3v) is 7.19. The predicted octanol–water partition coefficient (Wildman–Crippen LogP) is 2.49. The largest absolute Gasteiger partial charge is 0.312 e. The molecule has 0 spiro atoms. The van der Waals surface area contributed by atoms with E-state index in [-0.39, 0.29) is 21.5 Å². The predicted molar refractivity (Wildman–Crippen MR) is 82.0 cm³/mol. The van der Waals surface area contributed by atoms with E-state index in [2.05, 4.69) is 21.2 Å². The second kappa shape index (κ2) is 5.95. The fraction of sp³-hybridized carbons (Fsp3) is 0.571. The molecule has 4 nitrogen and oxygen atoms in total. The smallest absolute Gasteiger partial charge is 0.244 e. The van der Waals surface area contributed by atoms with Crippen LogP contribution in [0, 0.1) is 5.82 Å². The standard InChI is InChI=1S/C14H18BrFN2O2S/c15-11-9-10(16)5-6-14(11)21(19,20)18-8-2-4-13(18)12-3-1-7-17-12/h5-6,9,12-13,17H,1-4,7-8H2. The van der Waals surface area contributed by atoms with E-state index in [0.29, 0.717) is 6.54 Å². The molecular weight excluding hydrogens is 359 g/mol. The number of nitrogens with zero attached hydrogens (tertiary/aromatic N) is 1. The molecule has 0 amide bonds. The number of halogens is 2. The Labute approximate surface area is 132 Å². The van der Waals surface area contributed by atoms with Crippen molar-refractivity contribution >= 4 is 26.0 Å². The number of benzene rings is 1. The molecular formula is C14H18BrFN2O2S. The van der Waals surface area contributed by atoms with Gasteiger partial charge in [0.1, 0.15) is 5.82 Å². The van der Waals surface area contributed by atoms with E-state index < -0.39 is 15.8 Å². The van der Waals surface area contributed by atoms with Crippen molar-refractivity contribution in [2.75, 3.05) is 13.1 Å². The topological polar surface area (TPSA) is 49.4 Å². The number of sulfonamides is 1. The maximum atomic E-state index is 13.2. The first-order chi connectivity index (χ1) is 10.00. The van der Waals surface area contributed by atoms with Gasteiger partial charge >= 0.3 is 0 Å². The Morgan fingerprint density at radius 3 is 2.76 bits per heavy atom. The highest BCUT2D eigenvalue weighted by Gasteiger charge is 2.40. The molecule has 0 aromatic heterocycles. The summed E-state index contributed by atoms with van der Waals surface area (Å²) < 4.78 is 40.8. The van der Waals surface area contributed by atoms with Gasteiger partial charge in [0.15, 0.2) is 0 Å². The fourth-order valence-corrected chi connectivity index (χ4v) is 6.06. The summed E-state index contributed by atoms with van der Waals surface area (Å²) in [5.74, 6) is -0.448. The number of nitrogens with one attached hydrogen (secondary N) is 1. The van der Waals surface area contributed by atoms with Crippen LogP contribution in [-0.2, 0) is 10.0 Å². The second-order valence-corrected chi connectivity index (χ2v) is 8.32. The fourth-order valence-electron chi connectivity index (χ4n) is 3.32. The molecule has 0 saturated carbocycles. The van der Waals surface area contributed by atoms with Crippen molar-refractivity contribution in [3.05, 3.63) is 28.5 Å². The normalized spacial score (nSPS) is 27.3. The van der Waals surface area contributed by atoms with Gasteiger partial charge in [-0.1, -0.05) is 0 Å². The van der Waals surface area contributed by atoms with E-state index in [9.17, 15) is 12.8 Å². The lowest BCUT2D eigenvalue weighted by Crippen LogP contribution is -2.46. The minimum absolute atomic E-state index is 0.00875. The number of hydrogen-bond acceptors (Lipinski definition) is 3. The van der Waals surface area contributed by atoms with Crippen LogP contribution in [0.2, 0.25) is 0 Å². The van der Waals surface area contributed by atoms with Crippen LogP contribution in [0.3, 0.4) is 0 Å².